The number of rotatable bonds is 4. The molecule has 0 amide bonds. The highest BCUT2D eigenvalue weighted by Crippen LogP contribution is 2.34. The predicted octanol–water partition coefficient (Wildman–Crippen LogP) is 4.35. The van der Waals surface area contributed by atoms with E-state index in [0.29, 0.717) is 22.4 Å². The molecule has 0 aliphatic rings. The van der Waals surface area contributed by atoms with Crippen LogP contribution in [0.3, 0.4) is 0 Å². The molecule has 0 radical (unpaired) electrons. The van der Waals surface area contributed by atoms with E-state index in [1.165, 1.54) is 6.20 Å². The number of hydrogen-bond donors (Lipinski definition) is 1. The lowest BCUT2D eigenvalue weighted by atomic mass is 10.1. The second-order valence-electron chi connectivity index (χ2n) is 6.93. The Bertz CT molecular complexity index is 1450. The fourth-order valence-corrected chi connectivity index (χ4v) is 3.91. The Morgan fingerprint density at radius 3 is 2.43 bits per heavy atom. The molecule has 0 aliphatic heterocycles. The minimum atomic E-state index is -3.36. The molecule has 0 aliphatic carbocycles. The fourth-order valence-electron chi connectivity index (χ4n) is 3.31. The second-order valence-corrected chi connectivity index (χ2v) is 8.95. The first-order valence-electron chi connectivity index (χ1n) is 9.13. The van der Waals surface area contributed by atoms with Gasteiger partial charge in [0.1, 0.15) is 11.3 Å². The Balaban J connectivity index is 1.58. The molecule has 8 heteroatoms. The zero-order chi connectivity index (χ0) is 20.7. The number of nitrogens with zero attached hydrogens (tertiary/aromatic N) is 3. The van der Waals surface area contributed by atoms with Crippen molar-refractivity contribution in [3.8, 4) is 33.6 Å². The van der Waals surface area contributed by atoms with Gasteiger partial charge in [0.05, 0.1) is 11.1 Å². The van der Waals surface area contributed by atoms with E-state index >= 15 is 0 Å². The molecular formula is C22H16N4O3S. The minimum absolute atomic E-state index is 0.159. The Labute approximate surface area is 172 Å². The summed E-state index contributed by atoms with van der Waals surface area (Å²) in [7, 11) is -3.36. The van der Waals surface area contributed by atoms with Crippen LogP contribution in [-0.2, 0) is 9.84 Å². The third kappa shape index (κ3) is 3.27. The number of H-pyrrole nitrogens is 1. The molecular weight excluding hydrogens is 400 g/mol. The number of sulfone groups is 1. The van der Waals surface area contributed by atoms with Crippen LogP contribution in [0, 0.1) is 0 Å². The summed E-state index contributed by atoms with van der Waals surface area (Å²) < 4.78 is 29.9. The van der Waals surface area contributed by atoms with E-state index in [9.17, 15) is 8.42 Å². The maximum Gasteiger partial charge on any atom is 0.177 e. The van der Waals surface area contributed by atoms with Crippen molar-refractivity contribution in [1.29, 1.82) is 0 Å². The van der Waals surface area contributed by atoms with Gasteiger partial charge in [0.25, 0.3) is 0 Å². The monoisotopic (exact) mass is 416 g/mol. The van der Waals surface area contributed by atoms with Gasteiger partial charge >= 0.3 is 0 Å². The average molecular weight is 416 g/mol. The maximum absolute atomic E-state index is 11.9. The number of nitrogens with one attached hydrogen (secondary N) is 1. The molecule has 0 fully saturated rings. The smallest absolute Gasteiger partial charge is 0.177 e. The molecule has 0 saturated carbocycles. The van der Waals surface area contributed by atoms with Crippen molar-refractivity contribution in [3.63, 3.8) is 0 Å². The van der Waals surface area contributed by atoms with E-state index < -0.39 is 9.84 Å². The molecule has 30 heavy (non-hydrogen) atoms. The lowest BCUT2D eigenvalue weighted by molar-refractivity contribution is 0.601. The first-order valence-corrected chi connectivity index (χ1v) is 11.0. The van der Waals surface area contributed by atoms with Gasteiger partial charge in [0.2, 0.25) is 0 Å². The summed E-state index contributed by atoms with van der Waals surface area (Å²) in [6.45, 7) is 0. The average Bonchev–Trinajstić information content (AvgIpc) is 3.43. The van der Waals surface area contributed by atoms with Gasteiger partial charge < -0.3 is 4.42 Å². The molecule has 1 N–H and O–H groups in total. The Morgan fingerprint density at radius 2 is 1.70 bits per heavy atom. The number of benzene rings is 1. The quantitative estimate of drug-likeness (QED) is 0.467. The minimum Gasteiger partial charge on any atom is -0.454 e. The van der Waals surface area contributed by atoms with E-state index in [1.807, 2.05) is 36.5 Å². The molecule has 0 bridgehead atoms. The summed E-state index contributed by atoms with van der Waals surface area (Å²) in [5.41, 5.74) is 5.62. The highest BCUT2D eigenvalue weighted by molar-refractivity contribution is 7.90. The molecule has 4 heterocycles. The summed E-state index contributed by atoms with van der Waals surface area (Å²) in [4.78, 5) is 8.64. The van der Waals surface area contributed by atoms with Crippen molar-refractivity contribution in [1.82, 2.24) is 20.2 Å². The van der Waals surface area contributed by atoms with E-state index in [4.69, 9.17) is 4.42 Å². The molecule has 0 atom stereocenters. The van der Waals surface area contributed by atoms with Gasteiger partial charge in [-0.3, -0.25) is 15.1 Å². The van der Waals surface area contributed by atoms with Gasteiger partial charge in [-0.1, -0.05) is 24.3 Å². The van der Waals surface area contributed by atoms with Crippen LogP contribution >= 0.6 is 0 Å². The number of hydrogen-bond acceptors (Lipinski definition) is 6. The van der Waals surface area contributed by atoms with Crippen LogP contribution in [-0.4, -0.2) is 34.8 Å². The zero-order valence-electron chi connectivity index (χ0n) is 15.9. The molecule has 0 spiro atoms. The van der Waals surface area contributed by atoms with E-state index in [1.54, 1.807) is 30.7 Å². The molecule has 7 nitrogen and oxygen atoms in total. The van der Waals surface area contributed by atoms with Gasteiger partial charge in [0, 0.05) is 59.4 Å². The number of aromatic nitrogens is 4. The van der Waals surface area contributed by atoms with Crippen molar-refractivity contribution in [2.45, 2.75) is 4.90 Å². The normalized spacial score (nSPS) is 11.8. The van der Waals surface area contributed by atoms with Gasteiger partial charge in [-0.15, -0.1) is 0 Å². The molecule has 1 aromatic carbocycles. The van der Waals surface area contributed by atoms with Crippen LogP contribution in [0.2, 0.25) is 0 Å². The molecule has 5 rings (SSSR count). The molecule has 4 aromatic heterocycles. The predicted molar refractivity (Wildman–Crippen MR) is 113 cm³/mol. The van der Waals surface area contributed by atoms with E-state index in [2.05, 4.69) is 20.2 Å². The first kappa shape index (κ1) is 18.3. The fraction of sp³-hybridized carbons (Fsp3) is 0.0455. The van der Waals surface area contributed by atoms with Gasteiger partial charge in [-0.2, -0.15) is 5.10 Å². The standard InChI is InChI=1S/C22H16N4O3S/c1-30(27,28)18-8-16(10-23-13-18)19-6-7-24-20-9-21(29-22(19)20)15-4-2-14(3-5-15)17-11-25-26-12-17/h2-13H,1H3,(H,25,26). The van der Waals surface area contributed by atoms with Crippen molar-refractivity contribution >= 4 is 20.9 Å². The molecule has 148 valence electrons. The lowest BCUT2D eigenvalue weighted by Gasteiger charge is -2.04. The van der Waals surface area contributed by atoms with Crippen LogP contribution in [0.4, 0.5) is 0 Å². The molecule has 0 unspecified atom stereocenters. The largest absolute Gasteiger partial charge is 0.454 e. The van der Waals surface area contributed by atoms with Crippen molar-refractivity contribution in [3.05, 3.63) is 73.4 Å². The topological polar surface area (TPSA) is 102 Å². The third-order valence-corrected chi connectivity index (χ3v) is 5.94. The van der Waals surface area contributed by atoms with Crippen molar-refractivity contribution in [2.24, 2.45) is 0 Å². The number of pyridine rings is 2. The summed E-state index contributed by atoms with van der Waals surface area (Å²) in [5.74, 6) is 0.677. The van der Waals surface area contributed by atoms with Gasteiger partial charge in [-0.05, 0) is 17.7 Å². The van der Waals surface area contributed by atoms with Gasteiger partial charge in [0.15, 0.2) is 15.4 Å². The lowest BCUT2D eigenvalue weighted by Crippen LogP contribution is -1.98. The van der Waals surface area contributed by atoms with Crippen molar-refractivity contribution in [2.75, 3.05) is 6.26 Å². The third-order valence-electron chi connectivity index (χ3n) is 4.87. The van der Waals surface area contributed by atoms with Crippen LogP contribution in [0.15, 0.2) is 82.8 Å². The summed E-state index contributed by atoms with van der Waals surface area (Å²) >= 11 is 0. The summed E-state index contributed by atoms with van der Waals surface area (Å²) in [6, 6.07) is 13.2. The van der Waals surface area contributed by atoms with E-state index in [-0.39, 0.29) is 4.90 Å². The van der Waals surface area contributed by atoms with Crippen LogP contribution in [0.25, 0.3) is 44.7 Å². The summed E-state index contributed by atoms with van der Waals surface area (Å²) in [6.07, 6.45) is 9.40. The highest BCUT2D eigenvalue weighted by atomic mass is 32.2. The summed E-state index contributed by atoms with van der Waals surface area (Å²) in [5, 5.41) is 6.78. The van der Waals surface area contributed by atoms with Crippen LogP contribution in [0.5, 0.6) is 0 Å². The van der Waals surface area contributed by atoms with Crippen LogP contribution < -0.4 is 0 Å². The van der Waals surface area contributed by atoms with E-state index in [0.717, 1.165) is 28.5 Å². The second kappa shape index (κ2) is 6.93. The van der Waals surface area contributed by atoms with Gasteiger partial charge in [-0.25, -0.2) is 8.42 Å². The number of aromatic amines is 1. The Kier molecular flexibility index (Phi) is 4.22. The Hall–Kier alpha value is -3.78. The molecule has 0 saturated heterocycles. The first-order chi connectivity index (χ1) is 14.5. The maximum atomic E-state index is 11.9. The number of fused-ring (bicyclic) bond motifs is 1. The highest BCUT2D eigenvalue weighted by Gasteiger charge is 2.15. The Morgan fingerprint density at radius 1 is 0.900 bits per heavy atom. The van der Waals surface area contributed by atoms with Crippen LogP contribution in [0.1, 0.15) is 0 Å². The zero-order valence-corrected chi connectivity index (χ0v) is 16.7. The molecule has 5 aromatic rings. The van der Waals surface area contributed by atoms with Crippen molar-refractivity contribution < 1.29 is 12.8 Å². The number of furan rings is 1. The SMILES string of the molecule is CS(=O)(=O)c1cncc(-c2ccnc3cc(-c4ccc(-c5cn[nH]c5)cc4)oc23)c1.